The first-order valence-corrected chi connectivity index (χ1v) is 8.23. The molecule has 136 valence electrons. The van der Waals surface area contributed by atoms with Crippen LogP contribution in [0.25, 0.3) is 0 Å². The molecular formula is C18H19N3O4S. The molecule has 0 aliphatic carbocycles. The molecule has 0 spiro atoms. The van der Waals surface area contributed by atoms with Gasteiger partial charge in [0.25, 0.3) is 11.8 Å². The van der Waals surface area contributed by atoms with E-state index in [0.29, 0.717) is 29.2 Å². The number of carbonyl (C=O) groups excluding carboxylic acids is 2. The van der Waals surface area contributed by atoms with E-state index in [4.69, 9.17) is 21.7 Å². The Balaban J connectivity index is 1.83. The van der Waals surface area contributed by atoms with Gasteiger partial charge < -0.3 is 9.47 Å². The van der Waals surface area contributed by atoms with Gasteiger partial charge in [0, 0.05) is 11.1 Å². The summed E-state index contributed by atoms with van der Waals surface area (Å²) < 4.78 is 10.3. The van der Waals surface area contributed by atoms with Gasteiger partial charge in [0.2, 0.25) is 0 Å². The molecular weight excluding hydrogens is 354 g/mol. The first-order valence-electron chi connectivity index (χ1n) is 7.82. The smallest absolute Gasteiger partial charge is 0.269 e. The number of hydrogen-bond donors (Lipinski definition) is 3. The molecule has 0 atom stereocenters. The van der Waals surface area contributed by atoms with Crippen molar-refractivity contribution in [2.45, 2.75) is 6.92 Å². The number of rotatable bonds is 5. The Bertz CT molecular complexity index is 776. The molecule has 0 heterocycles. The van der Waals surface area contributed by atoms with Crippen LogP contribution in [0.15, 0.2) is 48.5 Å². The molecule has 7 nitrogen and oxygen atoms in total. The van der Waals surface area contributed by atoms with E-state index in [9.17, 15) is 9.59 Å². The summed E-state index contributed by atoms with van der Waals surface area (Å²) in [6.07, 6.45) is 0. The van der Waals surface area contributed by atoms with Gasteiger partial charge in [-0.05, 0) is 67.7 Å². The highest BCUT2D eigenvalue weighted by Gasteiger charge is 2.10. The molecule has 0 fully saturated rings. The zero-order valence-corrected chi connectivity index (χ0v) is 15.2. The second kappa shape index (κ2) is 9.38. The van der Waals surface area contributed by atoms with Gasteiger partial charge in [-0.2, -0.15) is 0 Å². The lowest BCUT2D eigenvalue weighted by Gasteiger charge is -2.11. The quantitative estimate of drug-likeness (QED) is 0.549. The van der Waals surface area contributed by atoms with E-state index in [2.05, 4.69) is 16.2 Å². The molecule has 0 aromatic heterocycles. The third-order valence-corrected chi connectivity index (χ3v) is 3.50. The largest absolute Gasteiger partial charge is 0.497 e. The number of benzene rings is 2. The second-order valence-electron chi connectivity index (χ2n) is 5.05. The number of thiocarbonyl (C=S) groups is 1. The monoisotopic (exact) mass is 373 g/mol. The highest BCUT2D eigenvalue weighted by Crippen LogP contribution is 2.12. The minimum Gasteiger partial charge on any atom is -0.497 e. The number of amides is 2. The van der Waals surface area contributed by atoms with E-state index in [-0.39, 0.29) is 5.11 Å². The van der Waals surface area contributed by atoms with Crippen LogP contribution >= 0.6 is 12.2 Å². The van der Waals surface area contributed by atoms with Crippen molar-refractivity contribution in [3.8, 4) is 11.5 Å². The van der Waals surface area contributed by atoms with Crippen LogP contribution in [0.4, 0.5) is 0 Å². The van der Waals surface area contributed by atoms with Crippen LogP contribution in [0.5, 0.6) is 11.5 Å². The molecule has 2 aromatic carbocycles. The zero-order chi connectivity index (χ0) is 18.9. The molecule has 0 saturated carbocycles. The minimum atomic E-state index is -0.399. The van der Waals surface area contributed by atoms with E-state index in [0.717, 1.165) is 0 Å². The summed E-state index contributed by atoms with van der Waals surface area (Å²) >= 11 is 5.00. The predicted molar refractivity (Wildman–Crippen MR) is 101 cm³/mol. The molecule has 26 heavy (non-hydrogen) atoms. The Morgan fingerprint density at radius 2 is 1.42 bits per heavy atom. The van der Waals surface area contributed by atoms with E-state index in [1.54, 1.807) is 55.6 Å². The summed E-state index contributed by atoms with van der Waals surface area (Å²) in [4.78, 5) is 24.1. The molecule has 0 aliphatic heterocycles. The molecule has 2 amide bonds. The average molecular weight is 373 g/mol. The maximum Gasteiger partial charge on any atom is 0.269 e. The van der Waals surface area contributed by atoms with Gasteiger partial charge in [-0.3, -0.25) is 25.8 Å². The lowest BCUT2D eigenvalue weighted by atomic mass is 10.2. The fraction of sp³-hybridized carbons (Fsp3) is 0.167. The van der Waals surface area contributed by atoms with Gasteiger partial charge in [-0.15, -0.1) is 0 Å². The third-order valence-electron chi connectivity index (χ3n) is 3.30. The molecule has 2 rings (SSSR count). The minimum absolute atomic E-state index is 0.0225. The van der Waals surface area contributed by atoms with Crippen LogP contribution in [-0.2, 0) is 0 Å². The molecule has 0 aliphatic rings. The summed E-state index contributed by atoms with van der Waals surface area (Å²) in [6.45, 7) is 2.43. The first kappa shape index (κ1) is 19.2. The van der Waals surface area contributed by atoms with Crippen molar-refractivity contribution in [1.29, 1.82) is 0 Å². The third kappa shape index (κ3) is 5.45. The number of hydrogen-bond acceptors (Lipinski definition) is 5. The van der Waals surface area contributed by atoms with Crippen LogP contribution in [0, 0.1) is 0 Å². The van der Waals surface area contributed by atoms with Crippen LogP contribution in [-0.4, -0.2) is 30.6 Å². The van der Waals surface area contributed by atoms with E-state index in [1.165, 1.54) is 0 Å². The van der Waals surface area contributed by atoms with Crippen molar-refractivity contribution in [1.82, 2.24) is 16.2 Å². The Labute approximate surface area is 156 Å². The first-order chi connectivity index (χ1) is 12.5. The maximum atomic E-state index is 12.1. The summed E-state index contributed by atoms with van der Waals surface area (Å²) in [5.41, 5.74) is 5.73. The Hall–Kier alpha value is -3.13. The lowest BCUT2D eigenvalue weighted by Crippen LogP contribution is -2.48. The van der Waals surface area contributed by atoms with Gasteiger partial charge in [-0.25, -0.2) is 0 Å². The fourth-order valence-corrected chi connectivity index (χ4v) is 2.15. The lowest BCUT2D eigenvalue weighted by molar-refractivity contribution is 0.0934. The molecule has 0 radical (unpaired) electrons. The number of nitrogens with one attached hydrogen (secondary N) is 3. The highest BCUT2D eigenvalue weighted by atomic mass is 32.1. The molecule has 0 unspecified atom stereocenters. The predicted octanol–water partition coefficient (Wildman–Crippen LogP) is 2.04. The fourth-order valence-electron chi connectivity index (χ4n) is 2.00. The van der Waals surface area contributed by atoms with Crippen molar-refractivity contribution < 1.29 is 19.1 Å². The van der Waals surface area contributed by atoms with Gasteiger partial charge >= 0.3 is 0 Å². The van der Waals surface area contributed by atoms with Crippen molar-refractivity contribution >= 4 is 29.1 Å². The maximum absolute atomic E-state index is 12.1. The normalized spacial score (nSPS) is 9.77. The second-order valence-corrected chi connectivity index (χ2v) is 5.46. The topological polar surface area (TPSA) is 88.7 Å². The summed E-state index contributed by atoms with van der Waals surface area (Å²) in [6, 6.07) is 13.2. The standard InChI is InChI=1S/C18H19N3O4S/c1-3-25-15-10-6-12(7-11-15)16(22)19-18(26)21-20-17(23)13-4-8-14(24-2)9-5-13/h4-11H,3H2,1-2H3,(H,20,23)(H2,19,21,22,26). The average Bonchev–Trinajstić information content (AvgIpc) is 2.67. The Morgan fingerprint density at radius 1 is 0.885 bits per heavy atom. The Kier molecular flexibility index (Phi) is 6.92. The highest BCUT2D eigenvalue weighted by molar-refractivity contribution is 7.80. The number of carbonyl (C=O) groups is 2. The van der Waals surface area contributed by atoms with Crippen molar-refractivity contribution in [2.75, 3.05) is 13.7 Å². The molecule has 8 heteroatoms. The molecule has 2 aromatic rings. The van der Waals surface area contributed by atoms with Crippen molar-refractivity contribution in [3.63, 3.8) is 0 Å². The zero-order valence-electron chi connectivity index (χ0n) is 14.4. The molecule has 0 saturated heterocycles. The summed E-state index contributed by atoms with van der Waals surface area (Å²) in [5.74, 6) is 0.527. The summed E-state index contributed by atoms with van der Waals surface area (Å²) in [7, 11) is 1.54. The Morgan fingerprint density at radius 3 is 1.96 bits per heavy atom. The van der Waals surface area contributed by atoms with Crippen molar-refractivity contribution in [3.05, 3.63) is 59.7 Å². The SMILES string of the molecule is CCOc1ccc(C(=O)NC(=S)NNC(=O)c2ccc(OC)cc2)cc1. The number of ether oxygens (including phenoxy) is 2. The van der Waals surface area contributed by atoms with Crippen LogP contribution < -0.4 is 25.6 Å². The van der Waals surface area contributed by atoms with E-state index < -0.39 is 11.8 Å². The number of methoxy groups -OCH3 is 1. The van der Waals surface area contributed by atoms with Gasteiger partial charge in [0.1, 0.15) is 11.5 Å². The number of hydrazine groups is 1. The van der Waals surface area contributed by atoms with Gasteiger partial charge in [-0.1, -0.05) is 0 Å². The van der Waals surface area contributed by atoms with Crippen LogP contribution in [0.2, 0.25) is 0 Å². The van der Waals surface area contributed by atoms with E-state index in [1.807, 2.05) is 6.92 Å². The van der Waals surface area contributed by atoms with E-state index >= 15 is 0 Å². The molecule has 0 bridgehead atoms. The summed E-state index contributed by atoms with van der Waals surface area (Å²) in [5, 5.41) is 2.46. The van der Waals surface area contributed by atoms with Crippen LogP contribution in [0.3, 0.4) is 0 Å². The van der Waals surface area contributed by atoms with Crippen LogP contribution in [0.1, 0.15) is 27.6 Å². The van der Waals surface area contributed by atoms with Gasteiger partial charge in [0.05, 0.1) is 13.7 Å². The van der Waals surface area contributed by atoms with Crippen molar-refractivity contribution in [2.24, 2.45) is 0 Å². The van der Waals surface area contributed by atoms with Gasteiger partial charge in [0.15, 0.2) is 5.11 Å². The molecule has 3 N–H and O–H groups in total.